The lowest BCUT2D eigenvalue weighted by molar-refractivity contribution is -0.136. The molecule has 0 aromatic rings. The lowest BCUT2D eigenvalue weighted by Crippen LogP contribution is -2.28. The molecule has 0 aliphatic carbocycles. The first-order chi connectivity index (χ1) is 13.0. The van der Waals surface area contributed by atoms with Crippen molar-refractivity contribution in [3.8, 4) is 0 Å². The van der Waals surface area contributed by atoms with E-state index in [2.05, 4.69) is 39.3 Å². The standard InChI is InChI=1S/C22H46O4Si2/c1-27(2,3)25-21(23)19-17-15-13-11-9-7-8-10-12-14-16-18-20-22(24)26-28(4,5)6/h7-20H2,1-6H3. The van der Waals surface area contributed by atoms with Crippen LogP contribution in [0.1, 0.15) is 89.9 Å². The van der Waals surface area contributed by atoms with Crippen molar-refractivity contribution in [3.63, 3.8) is 0 Å². The summed E-state index contributed by atoms with van der Waals surface area (Å²) in [5.41, 5.74) is 0. The summed E-state index contributed by atoms with van der Waals surface area (Å²) in [5.74, 6) is -0.0146. The summed E-state index contributed by atoms with van der Waals surface area (Å²) in [4.78, 5) is 23.3. The maximum Gasteiger partial charge on any atom is 0.292 e. The first kappa shape index (κ1) is 27.4. The summed E-state index contributed by atoms with van der Waals surface area (Å²) < 4.78 is 10.9. The maximum atomic E-state index is 11.6. The maximum absolute atomic E-state index is 11.6. The molecule has 4 nitrogen and oxygen atoms in total. The molecule has 0 heterocycles. The molecule has 0 unspecified atom stereocenters. The van der Waals surface area contributed by atoms with E-state index in [1.807, 2.05) is 0 Å². The average Bonchev–Trinajstić information content (AvgIpc) is 2.51. The monoisotopic (exact) mass is 430 g/mol. The Morgan fingerprint density at radius 1 is 0.464 bits per heavy atom. The fraction of sp³-hybridized carbons (Fsp3) is 0.909. The summed E-state index contributed by atoms with van der Waals surface area (Å²) in [6.45, 7) is 12.3. The number of hydrogen-bond acceptors (Lipinski definition) is 4. The zero-order chi connectivity index (χ0) is 21.5. The smallest absolute Gasteiger partial charge is 0.292 e. The summed E-state index contributed by atoms with van der Waals surface area (Å²) in [7, 11) is -3.42. The van der Waals surface area contributed by atoms with Crippen LogP contribution in [0, 0.1) is 0 Å². The molecule has 0 amide bonds. The molecule has 28 heavy (non-hydrogen) atoms. The van der Waals surface area contributed by atoms with E-state index in [0.29, 0.717) is 12.8 Å². The van der Waals surface area contributed by atoms with Gasteiger partial charge >= 0.3 is 0 Å². The van der Waals surface area contributed by atoms with Gasteiger partial charge in [-0.1, -0.05) is 64.2 Å². The highest BCUT2D eigenvalue weighted by molar-refractivity contribution is 6.71. The topological polar surface area (TPSA) is 52.6 Å². The molecular weight excluding hydrogens is 384 g/mol. The summed E-state index contributed by atoms with van der Waals surface area (Å²) in [6, 6.07) is 0. The SMILES string of the molecule is C[Si](C)(C)OC(=O)CCCCCCCCCCCCCCC(=O)O[Si](C)(C)C. The van der Waals surface area contributed by atoms with Crippen molar-refractivity contribution in [1.29, 1.82) is 0 Å². The highest BCUT2D eigenvalue weighted by Gasteiger charge is 2.20. The van der Waals surface area contributed by atoms with Crippen molar-refractivity contribution in [3.05, 3.63) is 0 Å². The van der Waals surface area contributed by atoms with Crippen LogP contribution < -0.4 is 0 Å². The fourth-order valence-electron chi connectivity index (χ4n) is 3.09. The Bertz CT molecular complexity index is 385. The van der Waals surface area contributed by atoms with Gasteiger partial charge in [-0.15, -0.1) is 0 Å². The van der Waals surface area contributed by atoms with Crippen LogP contribution in [0.3, 0.4) is 0 Å². The highest BCUT2D eigenvalue weighted by atomic mass is 28.4. The van der Waals surface area contributed by atoms with Crippen molar-refractivity contribution in [2.75, 3.05) is 0 Å². The van der Waals surface area contributed by atoms with Gasteiger partial charge in [-0.25, -0.2) is 0 Å². The molecule has 6 heteroatoms. The Morgan fingerprint density at radius 2 is 0.679 bits per heavy atom. The summed E-state index contributed by atoms with van der Waals surface area (Å²) in [6.07, 6.45) is 15.7. The third-order valence-corrected chi connectivity index (χ3v) is 6.03. The zero-order valence-corrected chi connectivity index (χ0v) is 21.5. The van der Waals surface area contributed by atoms with Gasteiger partial charge in [-0.2, -0.15) is 0 Å². The molecule has 0 aromatic heterocycles. The molecule has 166 valence electrons. The van der Waals surface area contributed by atoms with Gasteiger partial charge in [0.05, 0.1) is 0 Å². The van der Waals surface area contributed by atoms with E-state index in [0.717, 1.165) is 25.7 Å². The van der Waals surface area contributed by atoms with E-state index in [1.165, 1.54) is 51.4 Å². The molecule has 0 radical (unpaired) electrons. The fourth-order valence-corrected chi connectivity index (χ4v) is 4.66. The lowest BCUT2D eigenvalue weighted by Gasteiger charge is -2.17. The van der Waals surface area contributed by atoms with Gasteiger partial charge < -0.3 is 8.85 Å². The van der Waals surface area contributed by atoms with Crippen LogP contribution in [-0.4, -0.2) is 28.6 Å². The average molecular weight is 431 g/mol. The van der Waals surface area contributed by atoms with Crippen molar-refractivity contribution < 1.29 is 18.4 Å². The molecule has 0 atom stereocenters. The van der Waals surface area contributed by atoms with Crippen LogP contribution in [0.25, 0.3) is 0 Å². The first-order valence-electron chi connectivity index (χ1n) is 11.4. The summed E-state index contributed by atoms with van der Waals surface area (Å²) in [5, 5.41) is 0. The predicted octanol–water partition coefficient (Wildman–Crippen LogP) is 7.20. The molecule has 0 bridgehead atoms. The minimum atomic E-state index is -1.71. The molecule has 0 N–H and O–H groups in total. The van der Waals surface area contributed by atoms with Gasteiger partial charge in [-0.05, 0) is 52.1 Å². The van der Waals surface area contributed by atoms with Gasteiger partial charge in [0.25, 0.3) is 11.9 Å². The zero-order valence-electron chi connectivity index (χ0n) is 19.5. The Balaban J connectivity index is 3.28. The van der Waals surface area contributed by atoms with Gasteiger partial charge in [-0.3, -0.25) is 9.59 Å². The minimum Gasteiger partial charge on any atom is -0.520 e. The molecule has 0 aromatic carbocycles. The lowest BCUT2D eigenvalue weighted by atomic mass is 10.0. The largest absolute Gasteiger partial charge is 0.520 e. The van der Waals surface area contributed by atoms with Crippen molar-refractivity contribution in [2.45, 2.75) is 129 Å². The molecule has 0 saturated carbocycles. The third-order valence-electron chi connectivity index (χ3n) is 4.35. The van der Waals surface area contributed by atoms with Crippen LogP contribution in [-0.2, 0) is 18.4 Å². The van der Waals surface area contributed by atoms with Gasteiger partial charge in [0, 0.05) is 12.8 Å². The van der Waals surface area contributed by atoms with Gasteiger partial charge in [0.15, 0.2) is 0 Å². The normalized spacial score (nSPS) is 12.1. The van der Waals surface area contributed by atoms with Crippen molar-refractivity contribution >= 4 is 28.6 Å². The predicted molar refractivity (Wildman–Crippen MR) is 124 cm³/mol. The first-order valence-corrected chi connectivity index (χ1v) is 18.2. The third kappa shape index (κ3) is 21.7. The van der Waals surface area contributed by atoms with E-state index in [1.54, 1.807) is 0 Å². The van der Waals surface area contributed by atoms with E-state index in [4.69, 9.17) is 8.85 Å². The van der Waals surface area contributed by atoms with E-state index >= 15 is 0 Å². The van der Waals surface area contributed by atoms with Crippen molar-refractivity contribution in [2.24, 2.45) is 0 Å². The second-order valence-corrected chi connectivity index (χ2v) is 18.8. The van der Waals surface area contributed by atoms with E-state index in [9.17, 15) is 9.59 Å². The van der Waals surface area contributed by atoms with E-state index < -0.39 is 16.6 Å². The highest BCUT2D eigenvalue weighted by Crippen LogP contribution is 2.14. The Labute approximate surface area is 176 Å². The van der Waals surface area contributed by atoms with Crippen molar-refractivity contribution in [1.82, 2.24) is 0 Å². The van der Waals surface area contributed by atoms with Crippen LogP contribution in [0.2, 0.25) is 39.3 Å². The number of rotatable bonds is 17. The minimum absolute atomic E-state index is 0.00730. The Morgan fingerprint density at radius 3 is 0.893 bits per heavy atom. The molecule has 0 saturated heterocycles. The molecule has 0 aliphatic rings. The number of carbonyl (C=O) groups excluding carboxylic acids is 2. The van der Waals surface area contributed by atoms with E-state index in [-0.39, 0.29) is 11.9 Å². The second kappa shape index (κ2) is 15.2. The summed E-state index contributed by atoms with van der Waals surface area (Å²) >= 11 is 0. The molecule has 0 spiro atoms. The number of carbonyl (C=O) groups is 2. The second-order valence-electron chi connectivity index (χ2n) is 9.92. The van der Waals surface area contributed by atoms with Gasteiger partial charge in [0.2, 0.25) is 16.6 Å². The van der Waals surface area contributed by atoms with Crippen LogP contribution in [0.5, 0.6) is 0 Å². The van der Waals surface area contributed by atoms with Crippen LogP contribution in [0.4, 0.5) is 0 Å². The molecular formula is C22H46O4Si2. The Hall–Kier alpha value is -0.626. The molecule has 0 fully saturated rings. The quantitative estimate of drug-likeness (QED) is 0.181. The number of unbranched alkanes of at least 4 members (excludes halogenated alkanes) is 11. The van der Waals surface area contributed by atoms with Gasteiger partial charge in [0.1, 0.15) is 0 Å². The molecule has 0 aliphatic heterocycles. The van der Waals surface area contributed by atoms with Crippen LogP contribution in [0.15, 0.2) is 0 Å². The molecule has 0 rings (SSSR count). The Kier molecular flexibility index (Phi) is 14.9. The van der Waals surface area contributed by atoms with Crippen LogP contribution >= 0.6 is 0 Å². The number of hydrogen-bond donors (Lipinski definition) is 0.